The molecule has 1 heterocycles. The van der Waals surface area contributed by atoms with Crippen LogP contribution in [0.1, 0.15) is 5.56 Å². The molecule has 1 aromatic heterocycles. The quantitative estimate of drug-likeness (QED) is 0.809. The van der Waals surface area contributed by atoms with E-state index in [0.717, 1.165) is 0 Å². The minimum absolute atomic E-state index is 0.0127. The predicted molar refractivity (Wildman–Crippen MR) is 80.0 cm³/mol. The third-order valence-electron chi connectivity index (χ3n) is 2.92. The van der Waals surface area contributed by atoms with E-state index < -0.39 is 5.63 Å². The average Bonchev–Trinajstić information content (AvgIpc) is 2.53. The van der Waals surface area contributed by atoms with Gasteiger partial charge >= 0.3 is 5.63 Å². The maximum atomic E-state index is 11.9. The first-order valence-corrected chi connectivity index (χ1v) is 7.21. The summed E-state index contributed by atoms with van der Waals surface area (Å²) in [5.41, 5.74) is -0.0221. The third-order valence-corrected chi connectivity index (χ3v) is 3.68. The van der Waals surface area contributed by atoms with Crippen LogP contribution in [-0.2, 0) is 0 Å². The van der Waals surface area contributed by atoms with Crippen LogP contribution in [0.4, 0.5) is 0 Å². The van der Waals surface area contributed by atoms with Gasteiger partial charge in [-0.15, -0.1) is 11.8 Å². The van der Waals surface area contributed by atoms with Crippen molar-refractivity contribution in [1.29, 1.82) is 5.26 Å². The highest BCUT2D eigenvalue weighted by atomic mass is 32.2. The molecule has 1 aromatic carbocycles. The van der Waals surface area contributed by atoms with Crippen LogP contribution in [0.25, 0.3) is 11.3 Å². The molecule has 0 spiro atoms. The number of methoxy groups -OCH3 is 2. The number of ether oxygens (including phenoxy) is 2. The first-order chi connectivity index (χ1) is 10.1. The minimum Gasteiger partial charge on any atom is -0.497 e. The van der Waals surface area contributed by atoms with Crippen LogP contribution in [0.3, 0.4) is 0 Å². The van der Waals surface area contributed by atoms with E-state index in [1.54, 1.807) is 37.6 Å². The van der Waals surface area contributed by atoms with Crippen molar-refractivity contribution in [2.24, 2.45) is 0 Å². The molecule has 0 atom stereocenters. The van der Waals surface area contributed by atoms with Crippen molar-refractivity contribution in [1.82, 2.24) is 0 Å². The Morgan fingerprint density at radius 2 is 2.00 bits per heavy atom. The average molecular weight is 303 g/mol. The fraction of sp³-hybridized carbons (Fsp3) is 0.200. The molecule has 0 aliphatic carbocycles. The van der Waals surface area contributed by atoms with Crippen molar-refractivity contribution < 1.29 is 13.9 Å². The lowest BCUT2D eigenvalue weighted by Crippen LogP contribution is -2.06. The molecule has 0 N–H and O–H groups in total. The van der Waals surface area contributed by atoms with Crippen LogP contribution in [0.15, 0.2) is 38.4 Å². The summed E-state index contributed by atoms with van der Waals surface area (Å²) in [4.78, 5) is 12.4. The number of thioether (sulfide) groups is 1. The van der Waals surface area contributed by atoms with E-state index >= 15 is 0 Å². The lowest BCUT2D eigenvalue weighted by molar-refractivity contribution is 0.394. The van der Waals surface area contributed by atoms with Crippen molar-refractivity contribution in [3.05, 3.63) is 40.2 Å². The van der Waals surface area contributed by atoms with Crippen molar-refractivity contribution in [3.63, 3.8) is 0 Å². The van der Waals surface area contributed by atoms with E-state index in [0.29, 0.717) is 27.7 Å². The number of benzene rings is 1. The standard InChI is InChI=1S/C15H13NO4S/c1-18-9-4-5-10(12(6-9)19-2)13-7-14(21-3)11(8-16)15(17)20-13/h4-7H,1-3H3. The summed E-state index contributed by atoms with van der Waals surface area (Å²) in [7, 11) is 3.08. The zero-order chi connectivity index (χ0) is 15.4. The van der Waals surface area contributed by atoms with Gasteiger partial charge in [0.1, 0.15) is 23.3 Å². The summed E-state index contributed by atoms with van der Waals surface area (Å²) >= 11 is 1.32. The molecule has 21 heavy (non-hydrogen) atoms. The highest BCUT2D eigenvalue weighted by Gasteiger charge is 2.15. The molecule has 2 rings (SSSR count). The Kier molecular flexibility index (Phi) is 4.55. The monoisotopic (exact) mass is 303 g/mol. The van der Waals surface area contributed by atoms with E-state index in [1.807, 2.05) is 6.07 Å². The molecule has 108 valence electrons. The second-order valence-corrected chi connectivity index (χ2v) is 4.87. The number of hydrogen-bond donors (Lipinski definition) is 0. The third kappa shape index (κ3) is 2.88. The lowest BCUT2D eigenvalue weighted by atomic mass is 10.1. The van der Waals surface area contributed by atoms with Crippen molar-refractivity contribution in [2.45, 2.75) is 4.90 Å². The zero-order valence-electron chi connectivity index (χ0n) is 11.8. The molecule has 6 heteroatoms. The Morgan fingerprint density at radius 1 is 1.24 bits per heavy atom. The minimum atomic E-state index is -0.655. The molecule has 0 aliphatic heterocycles. The van der Waals surface area contributed by atoms with Gasteiger partial charge in [0.15, 0.2) is 5.56 Å². The SMILES string of the molecule is COc1ccc(-c2cc(SC)c(C#N)c(=O)o2)c(OC)c1. The predicted octanol–water partition coefficient (Wildman–Crippen LogP) is 2.92. The number of rotatable bonds is 4. The fourth-order valence-electron chi connectivity index (χ4n) is 1.87. The van der Waals surface area contributed by atoms with E-state index in [2.05, 4.69) is 0 Å². The van der Waals surface area contributed by atoms with E-state index in [-0.39, 0.29) is 5.56 Å². The number of nitriles is 1. The summed E-state index contributed by atoms with van der Waals surface area (Å²) in [6.45, 7) is 0. The first kappa shape index (κ1) is 15.0. The van der Waals surface area contributed by atoms with E-state index in [1.165, 1.54) is 18.9 Å². The van der Waals surface area contributed by atoms with Crippen LogP contribution < -0.4 is 15.1 Å². The molecule has 0 saturated carbocycles. The molecule has 0 radical (unpaired) electrons. The molecule has 0 amide bonds. The summed E-state index contributed by atoms with van der Waals surface area (Å²) in [5.74, 6) is 1.51. The molecule has 2 aromatic rings. The van der Waals surface area contributed by atoms with Crippen LogP contribution >= 0.6 is 11.8 Å². The van der Waals surface area contributed by atoms with Gasteiger partial charge in [-0.2, -0.15) is 5.26 Å². The van der Waals surface area contributed by atoms with Gasteiger partial charge in [0.05, 0.1) is 19.8 Å². The Morgan fingerprint density at radius 3 is 2.57 bits per heavy atom. The molecule has 0 fully saturated rings. The van der Waals surface area contributed by atoms with E-state index in [4.69, 9.17) is 19.2 Å². The second kappa shape index (κ2) is 6.37. The largest absolute Gasteiger partial charge is 0.497 e. The maximum Gasteiger partial charge on any atom is 0.355 e. The smallest absolute Gasteiger partial charge is 0.355 e. The van der Waals surface area contributed by atoms with Crippen LogP contribution in [0.2, 0.25) is 0 Å². The summed E-state index contributed by atoms with van der Waals surface area (Å²) in [6.07, 6.45) is 1.80. The first-order valence-electron chi connectivity index (χ1n) is 5.99. The molecule has 5 nitrogen and oxygen atoms in total. The van der Waals surface area contributed by atoms with Gasteiger partial charge in [-0.05, 0) is 24.5 Å². The Balaban J connectivity index is 2.65. The maximum absolute atomic E-state index is 11.9. The Hall–Kier alpha value is -2.39. The molecule has 0 bridgehead atoms. The van der Waals surface area contributed by atoms with Gasteiger partial charge in [0.2, 0.25) is 0 Å². The second-order valence-electron chi connectivity index (χ2n) is 4.02. The number of hydrogen-bond acceptors (Lipinski definition) is 6. The molecule has 0 unspecified atom stereocenters. The van der Waals surface area contributed by atoms with Gasteiger partial charge < -0.3 is 13.9 Å². The van der Waals surface area contributed by atoms with E-state index in [9.17, 15) is 4.79 Å². The molecular weight excluding hydrogens is 290 g/mol. The topological polar surface area (TPSA) is 72.5 Å². The van der Waals surface area contributed by atoms with Crippen LogP contribution in [-0.4, -0.2) is 20.5 Å². The zero-order valence-corrected chi connectivity index (χ0v) is 12.6. The molecular formula is C15H13NO4S. The van der Waals surface area contributed by atoms with Gasteiger partial charge in [0, 0.05) is 11.0 Å². The molecule has 0 saturated heterocycles. The van der Waals surface area contributed by atoms with Crippen LogP contribution in [0, 0.1) is 11.3 Å². The van der Waals surface area contributed by atoms with Crippen LogP contribution in [0.5, 0.6) is 11.5 Å². The van der Waals surface area contributed by atoms with Gasteiger partial charge in [-0.1, -0.05) is 0 Å². The normalized spacial score (nSPS) is 10.0. The Labute approximate surface area is 126 Å². The van der Waals surface area contributed by atoms with Gasteiger partial charge in [0.25, 0.3) is 0 Å². The van der Waals surface area contributed by atoms with Crippen molar-refractivity contribution >= 4 is 11.8 Å². The van der Waals surface area contributed by atoms with Gasteiger partial charge in [-0.25, -0.2) is 4.79 Å². The summed E-state index contributed by atoms with van der Waals surface area (Å²) < 4.78 is 15.7. The van der Waals surface area contributed by atoms with Crippen molar-refractivity contribution in [3.8, 4) is 28.9 Å². The summed E-state index contributed by atoms with van der Waals surface area (Å²) in [5, 5.41) is 9.00. The highest BCUT2D eigenvalue weighted by Crippen LogP contribution is 2.34. The molecule has 0 aliphatic rings. The highest BCUT2D eigenvalue weighted by molar-refractivity contribution is 7.98. The van der Waals surface area contributed by atoms with Crippen molar-refractivity contribution in [2.75, 3.05) is 20.5 Å². The van der Waals surface area contributed by atoms with Gasteiger partial charge in [-0.3, -0.25) is 0 Å². The lowest BCUT2D eigenvalue weighted by Gasteiger charge is -2.10. The summed E-state index contributed by atoms with van der Waals surface area (Å²) in [6, 6.07) is 8.71. The Bertz CT molecular complexity index is 761. The fourth-order valence-corrected chi connectivity index (χ4v) is 2.43. The number of nitrogens with zero attached hydrogens (tertiary/aromatic N) is 1.